The van der Waals surface area contributed by atoms with Crippen molar-refractivity contribution in [2.45, 2.75) is 50.7 Å². The third-order valence-corrected chi connectivity index (χ3v) is 3.61. The van der Waals surface area contributed by atoms with Gasteiger partial charge in [0, 0.05) is 0 Å². The molecule has 2 unspecified atom stereocenters. The number of hydrogen-bond acceptors (Lipinski definition) is 3. The highest BCUT2D eigenvalue weighted by molar-refractivity contribution is 6.34. The molecule has 0 aliphatic heterocycles. The molecule has 21 heavy (non-hydrogen) atoms. The van der Waals surface area contributed by atoms with Gasteiger partial charge in [-0.05, 0) is 25.8 Å². The van der Waals surface area contributed by atoms with Crippen molar-refractivity contribution in [3.8, 4) is 0 Å². The van der Waals surface area contributed by atoms with Crippen LogP contribution >= 0.6 is 11.6 Å². The minimum atomic E-state index is -1.63. The summed E-state index contributed by atoms with van der Waals surface area (Å²) < 4.78 is 5.23. The van der Waals surface area contributed by atoms with Crippen molar-refractivity contribution in [3.63, 3.8) is 0 Å². The second-order valence-electron chi connectivity index (χ2n) is 5.19. The van der Waals surface area contributed by atoms with Gasteiger partial charge in [-0.25, -0.2) is 4.79 Å². The van der Waals surface area contributed by atoms with Crippen LogP contribution in [0.15, 0.2) is 42.5 Å². The molecule has 1 N–H and O–H groups in total. The van der Waals surface area contributed by atoms with Gasteiger partial charge in [-0.15, -0.1) is 0 Å². The van der Waals surface area contributed by atoms with E-state index in [4.69, 9.17) is 16.3 Å². The fraction of sp³-hybridized carbons (Fsp3) is 0.471. The Balaban J connectivity index is 3.13. The molecule has 1 aromatic carbocycles. The Bertz CT molecular complexity index is 470. The number of unbranched alkanes of at least 4 members (excludes halogenated alkanes) is 1. The molecule has 2 atom stereocenters. The Hall–Kier alpha value is -1.32. The van der Waals surface area contributed by atoms with Crippen LogP contribution in [0.5, 0.6) is 0 Å². The quantitative estimate of drug-likeness (QED) is 0.473. The molecule has 0 spiro atoms. The molecule has 0 amide bonds. The summed E-state index contributed by atoms with van der Waals surface area (Å²) in [6, 6.07) is 8.81. The average molecular weight is 311 g/mol. The summed E-state index contributed by atoms with van der Waals surface area (Å²) >= 11 is 6.51. The van der Waals surface area contributed by atoms with E-state index >= 15 is 0 Å². The molecule has 0 saturated heterocycles. The smallest absolute Gasteiger partial charge is 0.335 e. The van der Waals surface area contributed by atoms with Gasteiger partial charge in [-0.3, -0.25) is 0 Å². The molecule has 0 aromatic heterocycles. The van der Waals surface area contributed by atoms with Crippen LogP contribution in [0.25, 0.3) is 0 Å². The summed E-state index contributed by atoms with van der Waals surface area (Å²) in [4.78, 5) is 10.8. The van der Waals surface area contributed by atoms with E-state index in [1.807, 2.05) is 19.1 Å². The van der Waals surface area contributed by atoms with E-state index in [9.17, 15) is 9.90 Å². The number of aliphatic hydroxyl groups excluding tert-OH is 1. The second kappa shape index (κ2) is 8.20. The van der Waals surface area contributed by atoms with E-state index in [1.54, 1.807) is 44.2 Å². The van der Waals surface area contributed by atoms with E-state index in [1.165, 1.54) is 0 Å². The summed E-state index contributed by atoms with van der Waals surface area (Å²) in [6.45, 7) is 5.54. The van der Waals surface area contributed by atoms with E-state index < -0.39 is 16.9 Å². The number of rotatable bonds is 7. The Morgan fingerprint density at radius 3 is 2.52 bits per heavy atom. The highest BCUT2D eigenvalue weighted by Crippen LogP contribution is 2.35. The first-order chi connectivity index (χ1) is 9.92. The van der Waals surface area contributed by atoms with Crippen molar-refractivity contribution in [1.82, 2.24) is 0 Å². The third kappa shape index (κ3) is 4.58. The number of aliphatic hydroxyl groups is 1. The number of hydrogen-bond donors (Lipinski definition) is 1. The molecule has 4 heteroatoms. The van der Waals surface area contributed by atoms with Crippen LogP contribution in [-0.2, 0) is 14.4 Å². The number of benzene rings is 1. The van der Waals surface area contributed by atoms with E-state index in [2.05, 4.69) is 0 Å². The zero-order chi connectivity index (χ0) is 15.9. The Morgan fingerprint density at radius 2 is 2.00 bits per heavy atom. The average Bonchev–Trinajstić information content (AvgIpc) is 2.46. The predicted molar refractivity (Wildman–Crippen MR) is 85.3 cm³/mol. The lowest BCUT2D eigenvalue weighted by Gasteiger charge is -2.29. The first-order valence-corrected chi connectivity index (χ1v) is 7.61. The molecule has 116 valence electrons. The molecule has 0 bridgehead atoms. The van der Waals surface area contributed by atoms with Crippen LogP contribution < -0.4 is 0 Å². The Morgan fingerprint density at radius 1 is 1.38 bits per heavy atom. The lowest BCUT2D eigenvalue weighted by Crippen LogP contribution is -2.43. The van der Waals surface area contributed by atoms with Gasteiger partial charge >= 0.3 is 5.97 Å². The van der Waals surface area contributed by atoms with Gasteiger partial charge in [0.25, 0.3) is 0 Å². The molecule has 1 aromatic rings. The van der Waals surface area contributed by atoms with Crippen molar-refractivity contribution in [3.05, 3.63) is 48.0 Å². The Labute approximate surface area is 131 Å². The summed E-state index contributed by atoms with van der Waals surface area (Å²) in [5.74, 6) is -0.640. The summed E-state index contributed by atoms with van der Waals surface area (Å²) in [5, 5.41) is 10.4. The maximum absolute atomic E-state index is 12.4. The number of alkyl halides is 1. The van der Waals surface area contributed by atoms with Gasteiger partial charge < -0.3 is 9.84 Å². The number of carbonyl (C=O) groups excluding carboxylic acids is 1. The fourth-order valence-corrected chi connectivity index (χ4v) is 2.16. The topological polar surface area (TPSA) is 46.5 Å². The SMILES string of the molecule is CCC/C=C/C(O)C(Cl)(C(=O)OC(C)C)c1ccccc1. The van der Waals surface area contributed by atoms with E-state index in [-0.39, 0.29) is 6.10 Å². The molecular weight excluding hydrogens is 288 g/mol. The number of allylic oxidation sites excluding steroid dienone is 1. The van der Waals surface area contributed by atoms with Crippen LogP contribution in [0.4, 0.5) is 0 Å². The number of halogens is 1. The monoisotopic (exact) mass is 310 g/mol. The Kier molecular flexibility index (Phi) is 6.93. The van der Waals surface area contributed by atoms with Crippen molar-refractivity contribution in [2.75, 3.05) is 0 Å². The van der Waals surface area contributed by atoms with Crippen molar-refractivity contribution in [1.29, 1.82) is 0 Å². The first kappa shape index (κ1) is 17.7. The summed E-state index contributed by atoms with van der Waals surface area (Å²) in [7, 11) is 0. The summed E-state index contributed by atoms with van der Waals surface area (Å²) in [5.41, 5.74) is 0.519. The second-order valence-corrected chi connectivity index (χ2v) is 5.79. The van der Waals surface area contributed by atoms with Crippen LogP contribution in [-0.4, -0.2) is 23.3 Å². The molecule has 0 heterocycles. The molecule has 0 aliphatic rings. The largest absolute Gasteiger partial charge is 0.461 e. The minimum Gasteiger partial charge on any atom is -0.461 e. The van der Waals surface area contributed by atoms with Crippen LogP contribution in [0.3, 0.4) is 0 Å². The van der Waals surface area contributed by atoms with Crippen molar-refractivity contribution in [2.24, 2.45) is 0 Å². The highest BCUT2D eigenvalue weighted by atomic mass is 35.5. The van der Waals surface area contributed by atoms with Crippen molar-refractivity contribution < 1.29 is 14.6 Å². The number of carbonyl (C=O) groups is 1. The molecule has 0 aliphatic carbocycles. The minimum absolute atomic E-state index is 0.300. The predicted octanol–water partition coefficient (Wildman–Crippen LogP) is 3.79. The third-order valence-electron chi connectivity index (χ3n) is 3.01. The van der Waals surface area contributed by atoms with Gasteiger partial charge in [0.1, 0.15) is 6.10 Å². The van der Waals surface area contributed by atoms with Gasteiger partial charge in [-0.2, -0.15) is 0 Å². The first-order valence-electron chi connectivity index (χ1n) is 7.23. The van der Waals surface area contributed by atoms with Crippen molar-refractivity contribution >= 4 is 17.6 Å². The summed E-state index contributed by atoms with van der Waals surface area (Å²) in [6.07, 6.45) is 3.71. The molecule has 3 nitrogen and oxygen atoms in total. The number of esters is 1. The zero-order valence-corrected chi connectivity index (χ0v) is 13.5. The van der Waals surface area contributed by atoms with E-state index in [0.29, 0.717) is 5.56 Å². The lowest BCUT2D eigenvalue weighted by molar-refractivity contribution is -0.153. The number of ether oxygens (including phenoxy) is 1. The van der Waals surface area contributed by atoms with Crippen LogP contribution in [0.2, 0.25) is 0 Å². The fourth-order valence-electron chi connectivity index (χ4n) is 1.91. The maximum atomic E-state index is 12.4. The van der Waals surface area contributed by atoms with Gasteiger partial charge in [-0.1, -0.05) is 67.4 Å². The highest BCUT2D eigenvalue weighted by Gasteiger charge is 2.46. The normalized spacial score (nSPS) is 15.9. The van der Waals surface area contributed by atoms with Gasteiger partial charge in [0.05, 0.1) is 6.10 Å². The van der Waals surface area contributed by atoms with Gasteiger partial charge in [0.15, 0.2) is 4.87 Å². The molecular formula is C17H23ClO3. The molecule has 0 fully saturated rings. The molecule has 1 rings (SSSR count). The van der Waals surface area contributed by atoms with Crippen LogP contribution in [0.1, 0.15) is 39.2 Å². The standard InChI is InChI=1S/C17H23ClO3/c1-4-5-7-12-15(19)17(18,16(20)21-13(2)3)14-10-8-6-9-11-14/h6-13,15,19H,4-5H2,1-3H3/b12-7+. The zero-order valence-electron chi connectivity index (χ0n) is 12.8. The maximum Gasteiger partial charge on any atom is 0.335 e. The van der Waals surface area contributed by atoms with Gasteiger partial charge in [0.2, 0.25) is 0 Å². The lowest BCUT2D eigenvalue weighted by atomic mass is 9.91. The van der Waals surface area contributed by atoms with Crippen LogP contribution in [0, 0.1) is 0 Å². The molecule has 0 radical (unpaired) electrons. The molecule has 0 saturated carbocycles. The van der Waals surface area contributed by atoms with E-state index in [0.717, 1.165) is 12.8 Å².